The first kappa shape index (κ1) is 21.7. The van der Waals surface area contributed by atoms with Crippen LogP contribution in [0.3, 0.4) is 0 Å². The van der Waals surface area contributed by atoms with Crippen molar-refractivity contribution in [2.45, 2.75) is 11.1 Å². The number of halogens is 4. The fourth-order valence-electron chi connectivity index (χ4n) is 2.53. The summed E-state index contributed by atoms with van der Waals surface area (Å²) < 4.78 is 66.1. The van der Waals surface area contributed by atoms with Crippen molar-refractivity contribution in [1.29, 1.82) is 0 Å². The van der Waals surface area contributed by atoms with Gasteiger partial charge in [-0.3, -0.25) is 9.52 Å². The number of carbonyl (C=O) groups is 1. The minimum absolute atomic E-state index is 0.0967. The van der Waals surface area contributed by atoms with Gasteiger partial charge in [-0.15, -0.1) is 0 Å². The van der Waals surface area contributed by atoms with Crippen LogP contribution in [-0.2, 0) is 16.2 Å². The molecule has 0 aromatic heterocycles. The normalized spacial score (nSPS) is 11.7. The predicted octanol–water partition coefficient (Wildman–Crippen LogP) is 5.41. The quantitative estimate of drug-likeness (QED) is 0.541. The minimum Gasteiger partial charge on any atom is -0.322 e. The first-order valence-electron chi connectivity index (χ1n) is 8.42. The van der Waals surface area contributed by atoms with Crippen molar-refractivity contribution in [1.82, 2.24) is 0 Å². The number of anilines is 2. The molecule has 30 heavy (non-hydrogen) atoms. The molecule has 0 aliphatic rings. The van der Waals surface area contributed by atoms with Crippen LogP contribution in [0, 0.1) is 0 Å². The monoisotopic (exact) mass is 454 g/mol. The SMILES string of the molecule is O=C(Nc1cccc(S(=O)(=O)Nc2ccccc2Cl)c1)c1cccc(C(F)(F)F)c1. The van der Waals surface area contributed by atoms with E-state index in [9.17, 15) is 26.4 Å². The summed E-state index contributed by atoms with van der Waals surface area (Å²) in [5, 5.41) is 2.60. The average Bonchev–Trinajstić information content (AvgIpc) is 2.69. The molecule has 3 aromatic rings. The van der Waals surface area contributed by atoms with Gasteiger partial charge in [-0.1, -0.05) is 35.9 Å². The van der Waals surface area contributed by atoms with Crippen molar-refractivity contribution in [3.05, 3.63) is 88.9 Å². The summed E-state index contributed by atoms with van der Waals surface area (Å²) in [5.41, 5.74) is -0.903. The van der Waals surface area contributed by atoms with Gasteiger partial charge >= 0.3 is 6.18 Å². The number of hydrogen-bond donors (Lipinski definition) is 2. The van der Waals surface area contributed by atoms with Crippen LogP contribution in [0.1, 0.15) is 15.9 Å². The highest BCUT2D eigenvalue weighted by atomic mass is 35.5. The number of nitrogens with one attached hydrogen (secondary N) is 2. The molecule has 2 N–H and O–H groups in total. The highest BCUT2D eigenvalue weighted by Crippen LogP contribution is 2.30. The highest BCUT2D eigenvalue weighted by molar-refractivity contribution is 7.92. The summed E-state index contributed by atoms with van der Waals surface area (Å²) in [7, 11) is -4.02. The van der Waals surface area contributed by atoms with Gasteiger partial charge in [0, 0.05) is 11.3 Å². The van der Waals surface area contributed by atoms with Crippen LogP contribution >= 0.6 is 11.6 Å². The lowest BCUT2D eigenvalue weighted by Gasteiger charge is -2.12. The van der Waals surface area contributed by atoms with Gasteiger partial charge in [-0.2, -0.15) is 13.2 Å². The van der Waals surface area contributed by atoms with Gasteiger partial charge in [0.25, 0.3) is 15.9 Å². The third-order valence-corrected chi connectivity index (χ3v) is 5.67. The Balaban J connectivity index is 1.82. The second kappa shape index (κ2) is 8.37. The Hall–Kier alpha value is -3.04. The molecule has 5 nitrogen and oxygen atoms in total. The fraction of sp³-hybridized carbons (Fsp3) is 0.0500. The lowest BCUT2D eigenvalue weighted by Crippen LogP contribution is -2.16. The second-order valence-electron chi connectivity index (χ2n) is 6.15. The number of amides is 1. The number of carbonyl (C=O) groups excluding carboxylic acids is 1. The predicted molar refractivity (Wildman–Crippen MR) is 108 cm³/mol. The fourth-order valence-corrected chi connectivity index (χ4v) is 3.89. The molecule has 0 bridgehead atoms. The Labute approximate surface area is 175 Å². The molecule has 156 valence electrons. The lowest BCUT2D eigenvalue weighted by atomic mass is 10.1. The van der Waals surface area contributed by atoms with Crippen molar-refractivity contribution < 1.29 is 26.4 Å². The molecule has 10 heteroatoms. The number of benzene rings is 3. The van der Waals surface area contributed by atoms with E-state index < -0.39 is 27.7 Å². The number of sulfonamides is 1. The molecule has 0 heterocycles. The van der Waals surface area contributed by atoms with E-state index in [-0.39, 0.29) is 26.9 Å². The van der Waals surface area contributed by atoms with Crippen LogP contribution in [0.4, 0.5) is 24.5 Å². The van der Waals surface area contributed by atoms with Crippen LogP contribution in [0.5, 0.6) is 0 Å². The number of para-hydroxylation sites is 1. The first-order valence-corrected chi connectivity index (χ1v) is 10.3. The maximum atomic E-state index is 12.8. The summed E-state index contributed by atoms with van der Waals surface area (Å²) in [5.74, 6) is -0.810. The number of hydrogen-bond acceptors (Lipinski definition) is 3. The maximum absolute atomic E-state index is 12.8. The van der Waals surface area contributed by atoms with Gasteiger partial charge in [-0.05, 0) is 48.5 Å². The van der Waals surface area contributed by atoms with Gasteiger partial charge in [0.15, 0.2) is 0 Å². The Morgan fingerprint density at radius 1 is 0.900 bits per heavy atom. The molecule has 3 rings (SSSR count). The van der Waals surface area contributed by atoms with Gasteiger partial charge in [-0.25, -0.2) is 8.42 Å². The van der Waals surface area contributed by atoms with E-state index in [4.69, 9.17) is 11.6 Å². The Morgan fingerprint density at radius 3 is 2.30 bits per heavy atom. The Kier molecular flexibility index (Phi) is 6.04. The Bertz CT molecular complexity index is 1200. The van der Waals surface area contributed by atoms with Crippen LogP contribution in [0.25, 0.3) is 0 Å². The van der Waals surface area contributed by atoms with Crippen molar-refractivity contribution in [3.8, 4) is 0 Å². The summed E-state index contributed by atoms with van der Waals surface area (Å²) in [6, 6.07) is 15.5. The van der Waals surface area contributed by atoms with E-state index in [0.29, 0.717) is 0 Å². The van der Waals surface area contributed by atoms with E-state index in [1.807, 2.05) is 0 Å². The van der Waals surface area contributed by atoms with Crippen molar-refractivity contribution >= 4 is 38.9 Å². The van der Waals surface area contributed by atoms with Crippen LogP contribution in [0.15, 0.2) is 77.7 Å². The minimum atomic E-state index is -4.59. The first-order chi connectivity index (χ1) is 14.1. The smallest absolute Gasteiger partial charge is 0.322 e. The van der Waals surface area contributed by atoms with Gasteiger partial charge in [0.2, 0.25) is 0 Å². The van der Waals surface area contributed by atoms with E-state index in [1.54, 1.807) is 12.1 Å². The molecular weight excluding hydrogens is 441 g/mol. The van der Waals surface area contributed by atoms with E-state index >= 15 is 0 Å². The molecule has 0 unspecified atom stereocenters. The Morgan fingerprint density at radius 2 is 1.60 bits per heavy atom. The number of rotatable bonds is 5. The third-order valence-electron chi connectivity index (χ3n) is 3.97. The topological polar surface area (TPSA) is 75.3 Å². The van der Waals surface area contributed by atoms with Crippen molar-refractivity contribution in [2.75, 3.05) is 10.0 Å². The largest absolute Gasteiger partial charge is 0.416 e. The van der Waals surface area contributed by atoms with Crippen molar-refractivity contribution in [2.24, 2.45) is 0 Å². The highest BCUT2D eigenvalue weighted by Gasteiger charge is 2.31. The average molecular weight is 455 g/mol. The molecule has 0 aliphatic carbocycles. The molecule has 0 radical (unpaired) electrons. The zero-order valence-corrected chi connectivity index (χ0v) is 16.6. The molecule has 0 aliphatic heterocycles. The zero-order chi connectivity index (χ0) is 21.9. The van der Waals surface area contributed by atoms with Crippen molar-refractivity contribution in [3.63, 3.8) is 0 Å². The van der Waals surface area contributed by atoms with Crippen LogP contribution < -0.4 is 10.0 Å². The molecule has 0 saturated heterocycles. The molecule has 0 saturated carbocycles. The van der Waals surface area contributed by atoms with E-state index in [0.717, 1.165) is 18.2 Å². The number of alkyl halides is 3. The molecule has 1 amide bonds. The summed E-state index contributed by atoms with van der Waals surface area (Å²) >= 11 is 5.97. The molecule has 0 spiro atoms. The third kappa shape index (κ3) is 5.11. The summed E-state index contributed by atoms with van der Waals surface area (Å²) in [6.45, 7) is 0. The van der Waals surface area contributed by atoms with E-state index in [1.165, 1.54) is 42.5 Å². The standard InChI is InChI=1S/C20H14ClF3N2O3S/c21-17-9-1-2-10-18(17)26-30(28,29)16-8-4-7-15(12-16)25-19(27)13-5-3-6-14(11-13)20(22,23)24/h1-12,26H,(H,25,27). The summed E-state index contributed by atoms with van der Waals surface area (Å²) in [6.07, 6.45) is -4.59. The summed E-state index contributed by atoms with van der Waals surface area (Å²) in [4.78, 5) is 12.2. The second-order valence-corrected chi connectivity index (χ2v) is 8.24. The zero-order valence-electron chi connectivity index (χ0n) is 15.1. The van der Waals surface area contributed by atoms with Gasteiger partial charge in [0.1, 0.15) is 0 Å². The molecule has 3 aromatic carbocycles. The van der Waals surface area contributed by atoms with Crippen LogP contribution in [0.2, 0.25) is 5.02 Å². The molecular formula is C20H14ClF3N2O3S. The lowest BCUT2D eigenvalue weighted by molar-refractivity contribution is -0.137. The van der Waals surface area contributed by atoms with Gasteiger partial charge < -0.3 is 5.32 Å². The molecule has 0 fully saturated rings. The van der Waals surface area contributed by atoms with Gasteiger partial charge in [0.05, 0.1) is 21.2 Å². The van der Waals surface area contributed by atoms with E-state index in [2.05, 4.69) is 10.0 Å². The maximum Gasteiger partial charge on any atom is 0.416 e. The molecule has 0 atom stereocenters. The van der Waals surface area contributed by atoms with Crippen LogP contribution in [-0.4, -0.2) is 14.3 Å².